The Balaban J connectivity index is 2.02. The van der Waals surface area contributed by atoms with E-state index in [2.05, 4.69) is 5.10 Å². The van der Waals surface area contributed by atoms with Crippen LogP contribution in [0.15, 0.2) is 48.8 Å². The van der Waals surface area contributed by atoms with E-state index < -0.39 is 23.4 Å². The zero-order chi connectivity index (χ0) is 22.1. The standard InChI is InChI=1S/C21H18F3N3O3/c1-11-7-14(12-9-26-27(10-12)19(2,25)18(28)29)17-13-5-3-4-6-15(13)20(30,16(17)8-11)21(22,23)24/h3-10,30H,25H2,1-2H3,(H,28,29). The SMILES string of the molecule is Cc1cc(-c2cnn(C(C)(N)C(=O)O)c2)c2c(c1)C(O)(C(F)(F)F)c1ccccc1-2. The quantitative estimate of drug-likeness (QED) is 0.607. The van der Waals surface area contributed by atoms with Crippen molar-refractivity contribution in [1.82, 2.24) is 9.78 Å². The van der Waals surface area contributed by atoms with Gasteiger partial charge in [0.15, 0.2) is 0 Å². The highest BCUT2D eigenvalue weighted by atomic mass is 19.4. The van der Waals surface area contributed by atoms with Crippen LogP contribution in [0.1, 0.15) is 23.6 Å². The van der Waals surface area contributed by atoms with Crippen molar-refractivity contribution < 1.29 is 28.2 Å². The number of carboxylic acid groups (broad SMARTS) is 1. The molecule has 0 bridgehead atoms. The van der Waals surface area contributed by atoms with Gasteiger partial charge < -0.3 is 10.2 Å². The minimum Gasteiger partial charge on any atom is -0.478 e. The number of benzene rings is 2. The molecule has 2 unspecified atom stereocenters. The van der Waals surface area contributed by atoms with E-state index in [4.69, 9.17) is 5.73 Å². The van der Waals surface area contributed by atoms with Crippen molar-refractivity contribution in [3.63, 3.8) is 0 Å². The highest BCUT2D eigenvalue weighted by Gasteiger charge is 2.61. The zero-order valence-electron chi connectivity index (χ0n) is 16.0. The Labute approximate surface area is 169 Å². The number of nitrogens with two attached hydrogens (primary N) is 1. The highest BCUT2D eigenvalue weighted by molar-refractivity contribution is 5.92. The van der Waals surface area contributed by atoms with Gasteiger partial charge in [0.1, 0.15) is 0 Å². The summed E-state index contributed by atoms with van der Waals surface area (Å²) in [5, 5.41) is 24.2. The fourth-order valence-corrected chi connectivity index (χ4v) is 3.87. The van der Waals surface area contributed by atoms with Gasteiger partial charge in [0.2, 0.25) is 11.3 Å². The molecule has 0 fully saturated rings. The van der Waals surface area contributed by atoms with Gasteiger partial charge in [0.25, 0.3) is 0 Å². The number of carbonyl (C=O) groups is 1. The second-order valence-electron chi connectivity index (χ2n) is 7.62. The summed E-state index contributed by atoms with van der Waals surface area (Å²) in [6.07, 6.45) is -2.23. The van der Waals surface area contributed by atoms with Gasteiger partial charge in [-0.15, -0.1) is 0 Å². The summed E-state index contributed by atoms with van der Waals surface area (Å²) in [4.78, 5) is 11.4. The molecule has 0 saturated heterocycles. The first kappa shape index (κ1) is 20.1. The maximum atomic E-state index is 14.1. The molecular formula is C21H18F3N3O3. The lowest BCUT2D eigenvalue weighted by atomic mass is 9.88. The smallest absolute Gasteiger partial charge is 0.425 e. The number of halogens is 3. The van der Waals surface area contributed by atoms with Gasteiger partial charge in [0.05, 0.1) is 6.20 Å². The van der Waals surface area contributed by atoms with Gasteiger partial charge in [0, 0.05) is 22.9 Å². The number of hydrogen-bond acceptors (Lipinski definition) is 4. The van der Waals surface area contributed by atoms with E-state index in [1.54, 1.807) is 19.1 Å². The first-order valence-electron chi connectivity index (χ1n) is 9.01. The van der Waals surface area contributed by atoms with Crippen molar-refractivity contribution in [2.24, 2.45) is 5.73 Å². The average molecular weight is 417 g/mol. The molecule has 2 atom stereocenters. The second-order valence-corrected chi connectivity index (χ2v) is 7.62. The Hall–Kier alpha value is -3.17. The molecule has 4 N–H and O–H groups in total. The van der Waals surface area contributed by atoms with Crippen LogP contribution in [-0.4, -0.2) is 32.1 Å². The predicted octanol–water partition coefficient (Wildman–Crippen LogP) is 3.35. The molecule has 30 heavy (non-hydrogen) atoms. The molecule has 0 radical (unpaired) electrons. The molecule has 6 nitrogen and oxygen atoms in total. The Morgan fingerprint density at radius 2 is 1.83 bits per heavy atom. The molecule has 1 aliphatic carbocycles. The number of hydrogen-bond donors (Lipinski definition) is 3. The van der Waals surface area contributed by atoms with Gasteiger partial charge in [-0.05, 0) is 30.5 Å². The number of aryl methyl sites for hydroxylation is 1. The number of aliphatic carboxylic acids is 1. The van der Waals surface area contributed by atoms with Crippen molar-refractivity contribution in [2.45, 2.75) is 31.3 Å². The van der Waals surface area contributed by atoms with E-state index in [0.29, 0.717) is 16.7 Å². The van der Waals surface area contributed by atoms with Crippen molar-refractivity contribution in [3.05, 3.63) is 65.5 Å². The number of rotatable bonds is 3. The molecule has 1 aliphatic rings. The number of carboxylic acids is 1. The van der Waals surface area contributed by atoms with E-state index in [1.165, 1.54) is 43.6 Å². The maximum absolute atomic E-state index is 14.1. The van der Waals surface area contributed by atoms with Gasteiger partial charge in [-0.2, -0.15) is 18.3 Å². The summed E-state index contributed by atoms with van der Waals surface area (Å²) < 4.78 is 43.2. The van der Waals surface area contributed by atoms with Gasteiger partial charge in [-0.3, -0.25) is 5.73 Å². The monoisotopic (exact) mass is 417 g/mol. The van der Waals surface area contributed by atoms with E-state index >= 15 is 0 Å². The fourth-order valence-electron chi connectivity index (χ4n) is 3.87. The Morgan fingerprint density at radius 3 is 2.47 bits per heavy atom. The molecular weight excluding hydrogens is 399 g/mol. The molecule has 0 spiro atoms. The van der Waals surface area contributed by atoms with E-state index in [1.807, 2.05) is 0 Å². The molecule has 0 saturated carbocycles. The van der Waals surface area contributed by atoms with Crippen LogP contribution in [0.3, 0.4) is 0 Å². The lowest BCUT2D eigenvalue weighted by molar-refractivity contribution is -0.246. The lowest BCUT2D eigenvalue weighted by Gasteiger charge is -2.28. The largest absolute Gasteiger partial charge is 0.478 e. The number of aliphatic hydroxyl groups is 1. The van der Waals surface area contributed by atoms with Gasteiger partial charge in [-0.1, -0.05) is 42.0 Å². The average Bonchev–Trinajstić information content (AvgIpc) is 3.25. The first-order chi connectivity index (χ1) is 13.9. The Morgan fingerprint density at radius 1 is 1.17 bits per heavy atom. The van der Waals surface area contributed by atoms with Crippen molar-refractivity contribution in [2.75, 3.05) is 0 Å². The highest BCUT2D eigenvalue weighted by Crippen LogP contribution is 2.57. The van der Waals surface area contributed by atoms with Crippen LogP contribution in [0.2, 0.25) is 0 Å². The summed E-state index contributed by atoms with van der Waals surface area (Å²) in [5.74, 6) is -1.32. The summed E-state index contributed by atoms with van der Waals surface area (Å²) >= 11 is 0. The summed E-state index contributed by atoms with van der Waals surface area (Å²) in [6, 6.07) is 8.81. The number of nitrogens with zero attached hydrogens (tertiary/aromatic N) is 2. The van der Waals surface area contributed by atoms with Gasteiger partial charge >= 0.3 is 12.1 Å². The van der Waals surface area contributed by atoms with E-state index in [0.717, 1.165) is 4.68 Å². The van der Waals surface area contributed by atoms with Crippen LogP contribution in [0.5, 0.6) is 0 Å². The second kappa shape index (κ2) is 6.16. The molecule has 3 aromatic rings. The molecule has 156 valence electrons. The number of fused-ring (bicyclic) bond motifs is 3. The van der Waals surface area contributed by atoms with Crippen LogP contribution in [-0.2, 0) is 16.1 Å². The summed E-state index contributed by atoms with van der Waals surface area (Å²) in [7, 11) is 0. The Kier molecular flexibility index (Phi) is 4.13. The normalized spacial score (nSPS) is 19.8. The van der Waals surface area contributed by atoms with Crippen molar-refractivity contribution in [1.29, 1.82) is 0 Å². The van der Waals surface area contributed by atoms with E-state index in [9.17, 15) is 28.2 Å². The molecule has 1 heterocycles. The number of alkyl halides is 3. The van der Waals surface area contributed by atoms with Crippen molar-refractivity contribution >= 4 is 5.97 Å². The minimum atomic E-state index is -4.94. The van der Waals surface area contributed by atoms with E-state index in [-0.39, 0.29) is 22.3 Å². The molecule has 0 aliphatic heterocycles. The van der Waals surface area contributed by atoms with Crippen LogP contribution >= 0.6 is 0 Å². The third kappa shape index (κ3) is 2.59. The molecule has 0 amide bonds. The maximum Gasteiger partial charge on any atom is 0.425 e. The topological polar surface area (TPSA) is 101 Å². The lowest BCUT2D eigenvalue weighted by Crippen LogP contribution is -2.47. The summed E-state index contributed by atoms with van der Waals surface area (Å²) in [5.41, 5.74) is 2.05. The summed E-state index contributed by atoms with van der Waals surface area (Å²) in [6.45, 7) is 2.88. The molecule has 1 aromatic heterocycles. The van der Waals surface area contributed by atoms with Gasteiger partial charge in [-0.25, -0.2) is 9.48 Å². The third-order valence-electron chi connectivity index (χ3n) is 5.47. The number of aromatic nitrogens is 2. The third-order valence-corrected chi connectivity index (χ3v) is 5.47. The first-order valence-corrected chi connectivity index (χ1v) is 9.01. The van der Waals surface area contributed by atoms with Crippen LogP contribution in [0.4, 0.5) is 13.2 Å². The minimum absolute atomic E-state index is 0.227. The van der Waals surface area contributed by atoms with Crippen LogP contribution < -0.4 is 5.73 Å². The zero-order valence-corrected chi connectivity index (χ0v) is 16.0. The van der Waals surface area contributed by atoms with Crippen LogP contribution in [0, 0.1) is 6.92 Å². The molecule has 4 rings (SSSR count). The van der Waals surface area contributed by atoms with Crippen molar-refractivity contribution in [3.8, 4) is 22.3 Å². The molecule has 9 heteroatoms. The van der Waals surface area contributed by atoms with Crippen LogP contribution in [0.25, 0.3) is 22.3 Å². The molecule has 2 aromatic carbocycles. The predicted molar refractivity (Wildman–Crippen MR) is 102 cm³/mol. The Bertz CT molecular complexity index is 1180. The fraction of sp³-hybridized carbons (Fsp3) is 0.238.